The van der Waals surface area contributed by atoms with E-state index in [4.69, 9.17) is 0 Å². The smallest absolute Gasteiger partial charge is 0.273 e. The van der Waals surface area contributed by atoms with E-state index >= 15 is 0 Å². The largest absolute Gasteiger partial charge is 0.273 e. The molecule has 1 aromatic heterocycles. The highest BCUT2D eigenvalue weighted by Crippen LogP contribution is 2.18. The average molecular weight is 384 g/mol. The van der Waals surface area contributed by atoms with Gasteiger partial charge in [-0.05, 0) is 55.8 Å². The third kappa shape index (κ3) is 4.22. The third-order valence-electron chi connectivity index (χ3n) is 4.18. The first-order valence-corrected chi connectivity index (χ1v) is 8.51. The number of aryl methyl sites for hydroxylation is 1. The number of nitrogens with one attached hydrogen (secondary N) is 2. The summed E-state index contributed by atoms with van der Waals surface area (Å²) < 4.78 is 27.5. The first-order valence-electron chi connectivity index (χ1n) is 8.51. The monoisotopic (exact) mass is 384 g/mol. The number of hydrogen-bond acceptors (Lipinski definition) is 3. The van der Waals surface area contributed by atoms with Gasteiger partial charge in [-0.25, -0.2) is 13.5 Å². The van der Waals surface area contributed by atoms with Gasteiger partial charge in [0.1, 0.15) is 11.6 Å². The number of hydrazine groups is 1. The Labute approximate surface area is 160 Å². The molecule has 3 rings (SSSR count). The van der Waals surface area contributed by atoms with E-state index in [9.17, 15) is 18.4 Å². The zero-order chi connectivity index (χ0) is 20.3. The highest BCUT2D eigenvalue weighted by molar-refractivity contribution is 5.97. The molecule has 8 heteroatoms. The Morgan fingerprint density at radius 1 is 0.929 bits per heavy atom. The second-order valence-corrected chi connectivity index (χ2v) is 6.24. The van der Waals surface area contributed by atoms with E-state index in [1.807, 2.05) is 0 Å². The molecule has 0 bridgehead atoms. The molecule has 0 aliphatic heterocycles. The van der Waals surface area contributed by atoms with Gasteiger partial charge in [0.15, 0.2) is 0 Å². The van der Waals surface area contributed by atoms with Crippen molar-refractivity contribution < 1.29 is 18.4 Å². The first-order chi connectivity index (χ1) is 13.3. The Bertz CT molecular complexity index is 1010. The molecule has 0 saturated heterocycles. The minimum atomic E-state index is -0.518. The van der Waals surface area contributed by atoms with Crippen LogP contribution in [0.3, 0.4) is 0 Å². The van der Waals surface area contributed by atoms with Gasteiger partial charge in [0.05, 0.1) is 29.1 Å². The quantitative estimate of drug-likeness (QED) is 0.679. The van der Waals surface area contributed by atoms with Crippen LogP contribution >= 0.6 is 0 Å². The molecule has 2 amide bonds. The SMILES string of the molecule is Cc1nn(-c2ccc(F)cc2)c(C)c1C(=O)NNC(=O)Cc1ccc(F)cc1. The minimum absolute atomic E-state index is 0.00658. The highest BCUT2D eigenvalue weighted by atomic mass is 19.1. The molecule has 0 aliphatic rings. The fraction of sp³-hybridized carbons (Fsp3) is 0.150. The lowest BCUT2D eigenvalue weighted by molar-refractivity contribution is -0.121. The molecule has 0 radical (unpaired) electrons. The summed E-state index contributed by atoms with van der Waals surface area (Å²) in [4.78, 5) is 24.5. The molecule has 3 aromatic rings. The molecule has 28 heavy (non-hydrogen) atoms. The van der Waals surface area contributed by atoms with Gasteiger partial charge in [0, 0.05) is 0 Å². The van der Waals surface area contributed by atoms with E-state index in [0.717, 1.165) is 0 Å². The van der Waals surface area contributed by atoms with Crippen molar-refractivity contribution in [2.24, 2.45) is 0 Å². The van der Waals surface area contributed by atoms with Crippen molar-refractivity contribution in [2.45, 2.75) is 20.3 Å². The molecular weight excluding hydrogens is 366 g/mol. The number of rotatable bonds is 4. The van der Waals surface area contributed by atoms with Gasteiger partial charge in [0.2, 0.25) is 5.91 Å². The van der Waals surface area contributed by atoms with Crippen LogP contribution in [-0.4, -0.2) is 21.6 Å². The molecular formula is C20H18F2N4O2. The number of hydrogen-bond donors (Lipinski definition) is 2. The molecule has 0 fully saturated rings. The lowest BCUT2D eigenvalue weighted by Crippen LogP contribution is -2.42. The molecule has 0 spiro atoms. The fourth-order valence-electron chi connectivity index (χ4n) is 2.83. The highest BCUT2D eigenvalue weighted by Gasteiger charge is 2.20. The van der Waals surface area contributed by atoms with Crippen LogP contribution in [0.15, 0.2) is 48.5 Å². The van der Waals surface area contributed by atoms with E-state index in [-0.39, 0.29) is 18.1 Å². The number of amides is 2. The van der Waals surface area contributed by atoms with E-state index < -0.39 is 11.8 Å². The minimum Gasteiger partial charge on any atom is -0.273 e. The predicted molar refractivity (Wildman–Crippen MR) is 98.7 cm³/mol. The molecule has 2 aromatic carbocycles. The molecule has 0 aliphatic carbocycles. The van der Waals surface area contributed by atoms with Crippen LogP contribution in [-0.2, 0) is 11.2 Å². The second kappa shape index (κ2) is 7.99. The number of aromatic nitrogens is 2. The van der Waals surface area contributed by atoms with E-state index in [2.05, 4.69) is 16.0 Å². The van der Waals surface area contributed by atoms with E-state index in [1.165, 1.54) is 41.1 Å². The van der Waals surface area contributed by atoms with E-state index in [1.54, 1.807) is 26.0 Å². The van der Waals surface area contributed by atoms with Gasteiger partial charge in [-0.2, -0.15) is 5.10 Å². The molecule has 0 saturated carbocycles. The fourth-order valence-corrected chi connectivity index (χ4v) is 2.83. The van der Waals surface area contributed by atoms with Crippen molar-refractivity contribution in [3.63, 3.8) is 0 Å². The van der Waals surface area contributed by atoms with Crippen molar-refractivity contribution in [2.75, 3.05) is 0 Å². The number of carbonyl (C=O) groups excluding carboxylic acids is 2. The Hall–Kier alpha value is -3.55. The van der Waals surface area contributed by atoms with Gasteiger partial charge in [0.25, 0.3) is 5.91 Å². The maximum atomic E-state index is 13.1. The molecule has 2 N–H and O–H groups in total. The van der Waals surface area contributed by atoms with Crippen molar-refractivity contribution in [3.05, 3.63) is 82.7 Å². The molecule has 1 heterocycles. The van der Waals surface area contributed by atoms with Crippen LogP contribution in [0.25, 0.3) is 5.69 Å². The molecule has 0 unspecified atom stereocenters. The van der Waals surface area contributed by atoms with Crippen LogP contribution in [0.2, 0.25) is 0 Å². The Morgan fingerprint density at radius 2 is 1.50 bits per heavy atom. The zero-order valence-electron chi connectivity index (χ0n) is 15.3. The summed E-state index contributed by atoms with van der Waals surface area (Å²) >= 11 is 0. The normalized spacial score (nSPS) is 10.6. The zero-order valence-corrected chi connectivity index (χ0v) is 15.3. The summed E-state index contributed by atoms with van der Waals surface area (Å²) in [7, 11) is 0. The van der Waals surface area contributed by atoms with E-state index in [0.29, 0.717) is 28.2 Å². The van der Waals surface area contributed by atoms with Crippen molar-refractivity contribution in [1.82, 2.24) is 20.6 Å². The van der Waals surface area contributed by atoms with Gasteiger partial charge < -0.3 is 0 Å². The van der Waals surface area contributed by atoms with Gasteiger partial charge >= 0.3 is 0 Å². The summed E-state index contributed by atoms with van der Waals surface area (Å²) in [5, 5.41) is 4.32. The van der Waals surface area contributed by atoms with Crippen LogP contribution in [0.4, 0.5) is 8.78 Å². The Kier molecular flexibility index (Phi) is 5.49. The van der Waals surface area contributed by atoms with Gasteiger partial charge in [-0.3, -0.25) is 20.4 Å². The van der Waals surface area contributed by atoms with Crippen LogP contribution < -0.4 is 10.9 Å². The maximum absolute atomic E-state index is 13.1. The van der Waals surface area contributed by atoms with Crippen molar-refractivity contribution >= 4 is 11.8 Å². The summed E-state index contributed by atoms with van der Waals surface area (Å²) in [6.45, 7) is 3.38. The van der Waals surface area contributed by atoms with Crippen LogP contribution in [0, 0.1) is 25.5 Å². The number of benzene rings is 2. The van der Waals surface area contributed by atoms with Gasteiger partial charge in [-0.1, -0.05) is 12.1 Å². The molecule has 6 nitrogen and oxygen atoms in total. The van der Waals surface area contributed by atoms with Crippen molar-refractivity contribution in [1.29, 1.82) is 0 Å². The summed E-state index contributed by atoms with van der Waals surface area (Å²) in [6.07, 6.45) is -0.00658. The molecule has 0 atom stereocenters. The Morgan fingerprint density at radius 3 is 2.11 bits per heavy atom. The Balaban J connectivity index is 1.68. The summed E-state index contributed by atoms with van der Waals surface area (Å²) in [6, 6.07) is 11.2. The number of carbonyl (C=O) groups is 2. The summed E-state index contributed by atoms with van der Waals surface area (Å²) in [5.41, 5.74) is 7.25. The van der Waals surface area contributed by atoms with Crippen LogP contribution in [0.1, 0.15) is 27.3 Å². The average Bonchev–Trinajstić information content (AvgIpc) is 2.96. The maximum Gasteiger partial charge on any atom is 0.273 e. The van der Waals surface area contributed by atoms with Crippen molar-refractivity contribution in [3.8, 4) is 5.69 Å². The summed E-state index contributed by atoms with van der Waals surface area (Å²) in [5.74, 6) is -1.72. The second-order valence-electron chi connectivity index (χ2n) is 6.24. The standard InChI is InChI=1S/C20H18F2N4O2/c1-12-19(13(2)26(25-12)17-9-7-16(22)8-10-17)20(28)24-23-18(27)11-14-3-5-15(21)6-4-14/h3-10H,11H2,1-2H3,(H,23,27)(H,24,28). The lowest BCUT2D eigenvalue weighted by atomic mass is 10.1. The third-order valence-corrected chi connectivity index (χ3v) is 4.18. The number of halogens is 2. The topological polar surface area (TPSA) is 76.0 Å². The molecule has 144 valence electrons. The lowest BCUT2D eigenvalue weighted by Gasteiger charge is -2.08. The first kappa shape index (κ1) is 19.2. The van der Waals surface area contributed by atoms with Gasteiger partial charge in [-0.15, -0.1) is 0 Å². The number of nitrogens with zero attached hydrogens (tertiary/aromatic N) is 2. The predicted octanol–water partition coefficient (Wildman–Crippen LogP) is 2.77. The van der Waals surface area contributed by atoms with Crippen LogP contribution in [0.5, 0.6) is 0 Å².